The van der Waals surface area contributed by atoms with Gasteiger partial charge in [-0.3, -0.25) is 10.1 Å². The zero-order valence-corrected chi connectivity index (χ0v) is 9.45. The van der Waals surface area contributed by atoms with Gasteiger partial charge in [0.15, 0.2) is 5.76 Å². The van der Waals surface area contributed by atoms with Crippen molar-refractivity contribution in [2.45, 2.75) is 20.3 Å². The lowest BCUT2D eigenvalue weighted by Crippen LogP contribution is -2.39. The molecule has 0 bridgehead atoms. The molecule has 0 aliphatic rings. The van der Waals surface area contributed by atoms with Crippen molar-refractivity contribution < 1.29 is 14.0 Å². The van der Waals surface area contributed by atoms with Crippen molar-refractivity contribution in [2.75, 3.05) is 6.54 Å². The lowest BCUT2D eigenvalue weighted by molar-refractivity contribution is 0.0936. The van der Waals surface area contributed by atoms with Gasteiger partial charge in [0, 0.05) is 6.54 Å². The van der Waals surface area contributed by atoms with Crippen LogP contribution in [0, 0.1) is 5.92 Å². The van der Waals surface area contributed by atoms with Crippen molar-refractivity contribution >= 4 is 11.9 Å². The van der Waals surface area contributed by atoms with Gasteiger partial charge in [0.25, 0.3) is 5.91 Å². The van der Waals surface area contributed by atoms with E-state index in [0.717, 1.165) is 6.42 Å². The largest absolute Gasteiger partial charge is 0.459 e. The van der Waals surface area contributed by atoms with Crippen molar-refractivity contribution in [1.29, 1.82) is 0 Å². The van der Waals surface area contributed by atoms with Crippen LogP contribution in [0.15, 0.2) is 22.8 Å². The van der Waals surface area contributed by atoms with E-state index in [1.165, 1.54) is 12.3 Å². The summed E-state index contributed by atoms with van der Waals surface area (Å²) in [5, 5.41) is 4.77. The highest BCUT2D eigenvalue weighted by molar-refractivity contribution is 6.02. The van der Waals surface area contributed by atoms with E-state index < -0.39 is 11.9 Å². The fourth-order valence-corrected chi connectivity index (χ4v) is 1.09. The smallest absolute Gasteiger partial charge is 0.321 e. The second-order valence-electron chi connectivity index (χ2n) is 3.87. The molecule has 88 valence electrons. The number of carbonyl (C=O) groups is 2. The molecule has 0 spiro atoms. The molecule has 1 aromatic heterocycles. The maximum Gasteiger partial charge on any atom is 0.321 e. The van der Waals surface area contributed by atoms with Gasteiger partial charge in [0.1, 0.15) is 0 Å². The van der Waals surface area contributed by atoms with Crippen LogP contribution in [0.3, 0.4) is 0 Å². The number of hydrogen-bond acceptors (Lipinski definition) is 3. The van der Waals surface area contributed by atoms with Crippen molar-refractivity contribution in [3.05, 3.63) is 24.2 Å². The molecule has 2 N–H and O–H groups in total. The number of amides is 3. The topological polar surface area (TPSA) is 71.3 Å². The average molecular weight is 224 g/mol. The van der Waals surface area contributed by atoms with Gasteiger partial charge in [-0.2, -0.15) is 0 Å². The maximum absolute atomic E-state index is 11.3. The van der Waals surface area contributed by atoms with Crippen molar-refractivity contribution in [3.63, 3.8) is 0 Å². The van der Waals surface area contributed by atoms with Crippen LogP contribution in [0.5, 0.6) is 0 Å². The van der Waals surface area contributed by atoms with E-state index in [2.05, 4.69) is 24.5 Å². The lowest BCUT2D eigenvalue weighted by Gasteiger charge is -2.07. The van der Waals surface area contributed by atoms with Gasteiger partial charge in [-0.25, -0.2) is 4.79 Å². The van der Waals surface area contributed by atoms with Gasteiger partial charge >= 0.3 is 6.03 Å². The molecule has 0 unspecified atom stereocenters. The van der Waals surface area contributed by atoms with E-state index >= 15 is 0 Å². The minimum atomic E-state index is -0.535. The third kappa shape index (κ3) is 4.16. The van der Waals surface area contributed by atoms with E-state index in [1.54, 1.807) is 6.07 Å². The summed E-state index contributed by atoms with van der Waals surface area (Å²) in [6, 6.07) is 2.59. The SMILES string of the molecule is CC(C)CCNC(=O)NC(=O)c1ccco1. The minimum absolute atomic E-state index is 0.124. The van der Waals surface area contributed by atoms with E-state index in [9.17, 15) is 9.59 Å². The Morgan fingerprint density at radius 2 is 2.19 bits per heavy atom. The van der Waals surface area contributed by atoms with Gasteiger partial charge in [0.2, 0.25) is 0 Å². The molecule has 16 heavy (non-hydrogen) atoms. The number of nitrogens with one attached hydrogen (secondary N) is 2. The Morgan fingerprint density at radius 1 is 1.44 bits per heavy atom. The highest BCUT2D eigenvalue weighted by Gasteiger charge is 2.11. The van der Waals surface area contributed by atoms with E-state index in [1.807, 2.05) is 0 Å². The highest BCUT2D eigenvalue weighted by atomic mass is 16.3. The van der Waals surface area contributed by atoms with E-state index in [4.69, 9.17) is 4.42 Å². The predicted molar refractivity (Wildman–Crippen MR) is 59.0 cm³/mol. The average Bonchev–Trinajstić information content (AvgIpc) is 2.69. The van der Waals surface area contributed by atoms with Crippen LogP contribution < -0.4 is 10.6 Å². The number of carbonyl (C=O) groups excluding carboxylic acids is 2. The number of rotatable bonds is 4. The molecular formula is C11H16N2O3. The van der Waals surface area contributed by atoms with Gasteiger partial charge < -0.3 is 9.73 Å². The van der Waals surface area contributed by atoms with Crippen LogP contribution in [0.2, 0.25) is 0 Å². The number of urea groups is 1. The van der Waals surface area contributed by atoms with Crippen LogP contribution >= 0.6 is 0 Å². The third-order valence-corrected chi connectivity index (χ3v) is 1.98. The first-order valence-corrected chi connectivity index (χ1v) is 5.22. The molecule has 0 atom stereocenters. The van der Waals surface area contributed by atoms with Gasteiger partial charge in [-0.15, -0.1) is 0 Å². The second-order valence-corrected chi connectivity index (χ2v) is 3.87. The summed E-state index contributed by atoms with van der Waals surface area (Å²) in [5.41, 5.74) is 0. The fraction of sp³-hybridized carbons (Fsp3) is 0.455. The Kier molecular flexibility index (Phi) is 4.57. The molecule has 5 nitrogen and oxygen atoms in total. The van der Waals surface area contributed by atoms with Gasteiger partial charge in [-0.1, -0.05) is 13.8 Å². The molecule has 0 aliphatic carbocycles. The van der Waals surface area contributed by atoms with Crippen molar-refractivity contribution in [1.82, 2.24) is 10.6 Å². The first-order chi connectivity index (χ1) is 7.59. The molecular weight excluding hydrogens is 208 g/mol. The summed E-state index contributed by atoms with van der Waals surface area (Å²) in [5.74, 6) is 0.104. The molecule has 1 rings (SSSR count). The number of furan rings is 1. The Bertz CT molecular complexity index is 344. The van der Waals surface area contributed by atoms with Crippen LogP contribution in [0.25, 0.3) is 0 Å². The Balaban J connectivity index is 2.27. The maximum atomic E-state index is 11.3. The predicted octanol–water partition coefficient (Wildman–Crippen LogP) is 1.77. The third-order valence-electron chi connectivity index (χ3n) is 1.98. The normalized spacial score (nSPS) is 10.2. The summed E-state index contributed by atoms with van der Waals surface area (Å²) >= 11 is 0. The lowest BCUT2D eigenvalue weighted by atomic mass is 10.1. The standard InChI is InChI=1S/C11H16N2O3/c1-8(2)5-6-12-11(15)13-10(14)9-4-3-7-16-9/h3-4,7-8H,5-6H2,1-2H3,(H2,12,13,14,15). The zero-order chi connectivity index (χ0) is 12.0. The molecule has 3 amide bonds. The summed E-state index contributed by atoms with van der Waals surface area (Å²) < 4.78 is 4.85. The highest BCUT2D eigenvalue weighted by Crippen LogP contribution is 1.99. The van der Waals surface area contributed by atoms with Crippen LogP contribution in [0.1, 0.15) is 30.8 Å². The quantitative estimate of drug-likeness (QED) is 0.818. The molecule has 5 heteroatoms. The zero-order valence-electron chi connectivity index (χ0n) is 9.45. The Hall–Kier alpha value is -1.78. The summed E-state index contributed by atoms with van der Waals surface area (Å²) in [6.45, 7) is 4.68. The van der Waals surface area contributed by atoms with E-state index in [0.29, 0.717) is 12.5 Å². The first kappa shape index (κ1) is 12.3. The van der Waals surface area contributed by atoms with Gasteiger partial charge in [0.05, 0.1) is 6.26 Å². The Morgan fingerprint density at radius 3 is 2.75 bits per heavy atom. The molecule has 0 fully saturated rings. The monoisotopic (exact) mass is 224 g/mol. The Labute approximate surface area is 94.2 Å². The van der Waals surface area contributed by atoms with Crippen LogP contribution in [-0.4, -0.2) is 18.5 Å². The summed E-state index contributed by atoms with van der Waals surface area (Å²) in [6.07, 6.45) is 2.26. The van der Waals surface area contributed by atoms with Crippen molar-refractivity contribution in [2.24, 2.45) is 5.92 Å². The summed E-state index contributed by atoms with van der Waals surface area (Å²) in [7, 11) is 0. The molecule has 0 radical (unpaired) electrons. The van der Waals surface area contributed by atoms with Gasteiger partial charge in [-0.05, 0) is 24.5 Å². The number of imide groups is 1. The second kappa shape index (κ2) is 5.95. The van der Waals surface area contributed by atoms with E-state index in [-0.39, 0.29) is 5.76 Å². The van der Waals surface area contributed by atoms with Crippen molar-refractivity contribution in [3.8, 4) is 0 Å². The molecule has 0 saturated carbocycles. The van der Waals surface area contributed by atoms with Crippen LogP contribution in [-0.2, 0) is 0 Å². The van der Waals surface area contributed by atoms with Crippen LogP contribution in [0.4, 0.5) is 4.79 Å². The summed E-state index contributed by atoms with van der Waals surface area (Å²) in [4.78, 5) is 22.6. The molecule has 1 aromatic rings. The number of hydrogen-bond donors (Lipinski definition) is 2. The molecule has 0 saturated heterocycles. The molecule has 0 aromatic carbocycles. The fourth-order valence-electron chi connectivity index (χ4n) is 1.09. The molecule has 1 heterocycles. The minimum Gasteiger partial charge on any atom is -0.459 e. The molecule has 0 aliphatic heterocycles. The first-order valence-electron chi connectivity index (χ1n) is 5.22.